The Morgan fingerprint density at radius 1 is 1.33 bits per heavy atom. The molecule has 0 spiro atoms. The van der Waals surface area contributed by atoms with Gasteiger partial charge in [-0.25, -0.2) is 0 Å². The van der Waals surface area contributed by atoms with Crippen molar-refractivity contribution in [1.82, 2.24) is 0 Å². The Hall–Kier alpha value is -1.73. The minimum atomic E-state index is 0.222. The van der Waals surface area contributed by atoms with Crippen molar-refractivity contribution in [2.24, 2.45) is 10.5 Å². The van der Waals surface area contributed by atoms with E-state index in [0.717, 1.165) is 0 Å². The van der Waals surface area contributed by atoms with Crippen LogP contribution in [0.3, 0.4) is 0 Å². The molecule has 0 aliphatic heterocycles. The molecule has 3 heteroatoms. The molecule has 1 aliphatic carbocycles. The van der Waals surface area contributed by atoms with Gasteiger partial charge in [0.1, 0.15) is 0 Å². The summed E-state index contributed by atoms with van der Waals surface area (Å²) < 4.78 is 0. The molecule has 15 heavy (non-hydrogen) atoms. The summed E-state index contributed by atoms with van der Waals surface area (Å²) in [4.78, 5) is 2.75. The number of allylic oxidation sites excluding steroid dienone is 1. The lowest BCUT2D eigenvalue weighted by Gasteiger charge is -2.02. The van der Waals surface area contributed by atoms with E-state index in [2.05, 4.69) is 30.5 Å². The van der Waals surface area contributed by atoms with E-state index in [-0.39, 0.29) is 5.41 Å². The molecule has 1 aromatic carbocycles. The van der Waals surface area contributed by atoms with E-state index >= 15 is 0 Å². The van der Waals surface area contributed by atoms with Gasteiger partial charge in [-0.1, -0.05) is 55.4 Å². The van der Waals surface area contributed by atoms with E-state index in [4.69, 9.17) is 5.53 Å². The third-order valence-corrected chi connectivity index (χ3v) is 3.20. The Bertz CT molecular complexity index is 450. The minimum absolute atomic E-state index is 0.222. The second-order valence-electron chi connectivity index (χ2n) is 4.46. The van der Waals surface area contributed by atoms with Crippen molar-refractivity contribution >= 4 is 5.69 Å². The van der Waals surface area contributed by atoms with Crippen molar-refractivity contribution in [2.75, 3.05) is 0 Å². The molecule has 0 saturated heterocycles. The Balaban J connectivity index is 2.26. The minimum Gasteiger partial charge on any atom is -0.0986 e. The molecular formula is C12H13N3. The van der Waals surface area contributed by atoms with Crippen molar-refractivity contribution in [1.29, 1.82) is 0 Å². The Kier molecular flexibility index (Phi) is 2.06. The summed E-state index contributed by atoms with van der Waals surface area (Å²) in [6.07, 6.45) is 0. The van der Waals surface area contributed by atoms with Crippen LogP contribution in [0.1, 0.15) is 25.3 Å². The molecule has 0 aromatic heterocycles. The highest BCUT2D eigenvalue weighted by molar-refractivity contribution is 5.50. The lowest BCUT2D eigenvalue weighted by molar-refractivity contribution is 0.642. The summed E-state index contributed by atoms with van der Waals surface area (Å²) in [5.41, 5.74) is 11.7. The molecule has 1 unspecified atom stereocenters. The summed E-state index contributed by atoms with van der Waals surface area (Å²) in [6.45, 7) is 8.45. The zero-order valence-corrected chi connectivity index (χ0v) is 8.94. The maximum atomic E-state index is 8.28. The van der Waals surface area contributed by atoms with Crippen LogP contribution in [-0.2, 0) is 0 Å². The van der Waals surface area contributed by atoms with Crippen molar-refractivity contribution in [3.8, 4) is 0 Å². The van der Waals surface area contributed by atoms with E-state index in [1.807, 2.05) is 24.3 Å². The van der Waals surface area contributed by atoms with Gasteiger partial charge in [-0.15, -0.1) is 0 Å². The van der Waals surface area contributed by atoms with Crippen LogP contribution in [0.2, 0.25) is 0 Å². The van der Waals surface area contributed by atoms with E-state index in [1.54, 1.807) is 0 Å². The highest BCUT2D eigenvalue weighted by Gasteiger charge is 2.51. The average molecular weight is 199 g/mol. The first-order valence-electron chi connectivity index (χ1n) is 4.91. The third kappa shape index (κ3) is 1.51. The Morgan fingerprint density at radius 3 is 2.27 bits per heavy atom. The van der Waals surface area contributed by atoms with Crippen LogP contribution in [0.5, 0.6) is 0 Å². The van der Waals surface area contributed by atoms with Crippen LogP contribution >= 0.6 is 0 Å². The average Bonchev–Trinajstić information content (AvgIpc) is 2.69. The van der Waals surface area contributed by atoms with Gasteiger partial charge in [0.2, 0.25) is 0 Å². The molecule has 1 aromatic rings. The van der Waals surface area contributed by atoms with Crippen molar-refractivity contribution in [3.63, 3.8) is 0 Å². The van der Waals surface area contributed by atoms with Crippen molar-refractivity contribution in [3.05, 3.63) is 52.4 Å². The number of azide groups is 1. The monoisotopic (exact) mass is 199 g/mol. The van der Waals surface area contributed by atoms with Crippen LogP contribution in [0, 0.1) is 5.41 Å². The fourth-order valence-electron chi connectivity index (χ4n) is 2.04. The van der Waals surface area contributed by atoms with Gasteiger partial charge in [0.05, 0.1) is 0 Å². The molecule has 0 N–H and O–H groups in total. The molecular weight excluding hydrogens is 186 g/mol. The fraction of sp³-hybridized carbons (Fsp3) is 0.333. The first-order valence-corrected chi connectivity index (χ1v) is 4.91. The molecule has 1 fully saturated rings. The standard InChI is InChI=1S/C12H13N3/c1-8-11(12(8,2)3)9-4-6-10(7-5-9)14-15-13/h4-7,11H,1H2,2-3H3. The van der Waals surface area contributed by atoms with Gasteiger partial charge < -0.3 is 0 Å². The van der Waals surface area contributed by atoms with Crippen LogP contribution in [0.25, 0.3) is 10.4 Å². The van der Waals surface area contributed by atoms with E-state index in [9.17, 15) is 0 Å². The zero-order chi connectivity index (χ0) is 11.1. The van der Waals surface area contributed by atoms with Gasteiger partial charge in [-0.05, 0) is 16.5 Å². The number of hydrogen-bond donors (Lipinski definition) is 0. The van der Waals surface area contributed by atoms with Crippen molar-refractivity contribution < 1.29 is 0 Å². The Morgan fingerprint density at radius 2 is 1.87 bits per heavy atom. The molecule has 0 bridgehead atoms. The smallest absolute Gasteiger partial charge is 0.0375 e. The highest BCUT2D eigenvalue weighted by atomic mass is 15.1. The van der Waals surface area contributed by atoms with Gasteiger partial charge >= 0.3 is 0 Å². The van der Waals surface area contributed by atoms with E-state index in [0.29, 0.717) is 11.6 Å². The summed E-state index contributed by atoms with van der Waals surface area (Å²) in [5.74, 6) is 0.456. The maximum Gasteiger partial charge on any atom is 0.0375 e. The molecule has 0 radical (unpaired) electrons. The molecule has 1 atom stereocenters. The summed E-state index contributed by atoms with van der Waals surface area (Å²) in [5, 5.41) is 3.54. The van der Waals surface area contributed by atoms with Gasteiger partial charge in [0.25, 0.3) is 0 Å². The second kappa shape index (κ2) is 3.14. The van der Waals surface area contributed by atoms with Gasteiger partial charge in [-0.3, -0.25) is 0 Å². The van der Waals surface area contributed by atoms with Crippen LogP contribution in [0.15, 0.2) is 41.5 Å². The topological polar surface area (TPSA) is 48.8 Å². The normalized spacial score (nSPS) is 22.0. The summed E-state index contributed by atoms with van der Waals surface area (Å²) in [7, 11) is 0. The fourth-order valence-corrected chi connectivity index (χ4v) is 2.04. The number of rotatable bonds is 2. The summed E-state index contributed by atoms with van der Waals surface area (Å²) in [6, 6.07) is 7.71. The predicted octanol–water partition coefficient (Wildman–Crippen LogP) is 4.31. The molecule has 3 nitrogen and oxygen atoms in total. The highest BCUT2D eigenvalue weighted by Crippen LogP contribution is 2.63. The van der Waals surface area contributed by atoms with Crippen LogP contribution < -0.4 is 0 Å². The van der Waals surface area contributed by atoms with Gasteiger partial charge in [0.15, 0.2) is 0 Å². The largest absolute Gasteiger partial charge is 0.0986 e. The zero-order valence-electron chi connectivity index (χ0n) is 8.94. The quantitative estimate of drug-likeness (QED) is 0.295. The number of hydrogen-bond acceptors (Lipinski definition) is 1. The molecule has 2 rings (SSSR count). The van der Waals surface area contributed by atoms with Crippen LogP contribution in [0.4, 0.5) is 5.69 Å². The van der Waals surface area contributed by atoms with Gasteiger partial charge in [0, 0.05) is 16.5 Å². The number of benzene rings is 1. The van der Waals surface area contributed by atoms with Gasteiger partial charge in [-0.2, -0.15) is 0 Å². The number of nitrogens with zero attached hydrogens (tertiary/aromatic N) is 3. The van der Waals surface area contributed by atoms with E-state index < -0.39 is 0 Å². The van der Waals surface area contributed by atoms with Crippen LogP contribution in [-0.4, -0.2) is 0 Å². The molecule has 1 saturated carbocycles. The lowest BCUT2D eigenvalue weighted by atomic mass is 10.0. The maximum absolute atomic E-state index is 8.28. The molecule has 1 aliphatic rings. The van der Waals surface area contributed by atoms with Crippen molar-refractivity contribution in [2.45, 2.75) is 19.8 Å². The first-order chi connectivity index (χ1) is 7.07. The predicted molar refractivity (Wildman–Crippen MR) is 60.9 cm³/mol. The molecule has 0 amide bonds. The lowest BCUT2D eigenvalue weighted by Crippen LogP contribution is -1.88. The third-order valence-electron chi connectivity index (χ3n) is 3.20. The molecule has 76 valence electrons. The SMILES string of the molecule is C=C1C(c2ccc(N=[N+]=[N-])cc2)C1(C)C. The Labute approximate surface area is 89.1 Å². The van der Waals surface area contributed by atoms with E-state index in [1.165, 1.54) is 11.1 Å². The summed E-state index contributed by atoms with van der Waals surface area (Å²) >= 11 is 0. The molecule has 0 heterocycles. The second-order valence-corrected chi connectivity index (χ2v) is 4.46. The first kappa shape index (κ1) is 9.81.